The number of halogens is 2. The minimum absolute atomic E-state index is 0.110. The lowest BCUT2D eigenvalue weighted by Gasteiger charge is -2.31. The van der Waals surface area contributed by atoms with Crippen molar-refractivity contribution in [1.29, 1.82) is 0 Å². The molecule has 2 N–H and O–H groups in total. The first-order valence-electron chi connectivity index (χ1n) is 12.6. The predicted molar refractivity (Wildman–Crippen MR) is 144 cm³/mol. The molecule has 1 fully saturated rings. The van der Waals surface area contributed by atoms with E-state index in [2.05, 4.69) is 18.7 Å². The summed E-state index contributed by atoms with van der Waals surface area (Å²) in [5, 5.41) is 20.0. The van der Waals surface area contributed by atoms with Crippen LogP contribution in [-0.2, 0) is 0 Å². The molecule has 3 aromatic carbocycles. The second kappa shape index (κ2) is 10.3. The Morgan fingerprint density at radius 1 is 1.14 bits per heavy atom. The maximum atomic E-state index is 14.1. The fraction of sp³-hybridized carbons (Fsp3) is 0.333. The summed E-state index contributed by atoms with van der Waals surface area (Å²) in [7, 11) is 0. The second-order valence-corrected chi connectivity index (χ2v) is 10.5. The topological polar surface area (TPSA) is 62.2 Å². The Bertz CT molecular complexity index is 1320. The van der Waals surface area contributed by atoms with Gasteiger partial charge in [0.25, 0.3) is 0 Å². The summed E-state index contributed by atoms with van der Waals surface area (Å²) in [5.41, 5.74) is 3.67. The molecule has 0 aromatic heterocycles. The summed E-state index contributed by atoms with van der Waals surface area (Å²) in [6.45, 7) is 9.22. The van der Waals surface area contributed by atoms with Crippen LogP contribution < -0.4 is 9.47 Å². The number of hydrogen-bond acceptors (Lipinski definition) is 5. The van der Waals surface area contributed by atoms with Crippen LogP contribution in [-0.4, -0.2) is 40.9 Å². The molecule has 0 saturated carbocycles. The average Bonchev–Trinajstić information content (AvgIpc) is 3.32. The van der Waals surface area contributed by atoms with Crippen molar-refractivity contribution in [2.45, 2.75) is 39.3 Å². The monoisotopic (exact) mass is 523 g/mol. The summed E-state index contributed by atoms with van der Waals surface area (Å²) in [6, 6.07) is 15.9. The van der Waals surface area contributed by atoms with Crippen molar-refractivity contribution in [3.05, 3.63) is 82.1 Å². The van der Waals surface area contributed by atoms with Crippen molar-refractivity contribution >= 4 is 22.7 Å². The Balaban J connectivity index is 1.44. The van der Waals surface area contributed by atoms with Gasteiger partial charge in [-0.1, -0.05) is 30.7 Å². The van der Waals surface area contributed by atoms with E-state index < -0.39 is 17.7 Å². The van der Waals surface area contributed by atoms with Gasteiger partial charge in [-0.2, -0.15) is 0 Å². The van der Waals surface area contributed by atoms with Crippen LogP contribution in [0.15, 0.2) is 54.6 Å². The maximum Gasteiger partial charge on any atom is 0.183 e. The van der Waals surface area contributed by atoms with Crippen LogP contribution in [0, 0.1) is 11.7 Å². The number of hydrogen-bond donors (Lipinski definition) is 2. The number of likely N-dealkylation sites (tertiary alicyclic amines) is 1. The highest BCUT2D eigenvalue weighted by molar-refractivity contribution is 6.31. The molecule has 37 heavy (non-hydrogen) atoms. The average molecular weight is 524 g/mol. The van der Waals surface area contributed by atoms with E-state index in [9.17, 15) is 14.6 Å². The van der Waals surface area contributed by atoms with E-state index >= 15 is 0 Å². The van der Waals surface area contributed by atoms with Gasteiger partial charge in [0, 0.05) is 23.7 Å². The Hall–Kier alpha value is -3.22. The van der Waals surface area contributed by atoms with Crippen LogP contribution in [0.5, 0.6) is 23.0 Å². The van der Waals surface area contributed by atoms with Crippen molar-refractivity contribution in [1.82, 2.24) is 4.90 Å². The fourth-order valence-electron chi connectivity index (χ4n) is 5.20. The molecular formula is C30H31ClFNO4. The van der Waals surface area contributed by atoms with Gasteiger partial charge in [0.1, 0.15) is 30.0 Å². The third kappa shape index (κ3) is 5.13. The highest BCUT2D eigenvalue weighted by atomic mass is 35.5. The zero-order valence-corrected chi connectivity index (χ0v) is 21.9. The van der Waals surface area contributed by atoms with Gasteiger partial charge in [-0.05, 0) is 91.9 Å². The van der Waals surface area contributed by atoms with Gasteiger partial charge in [0.05, 0.1) is 5.02 Å². The first-order chi connectivity index (χ1) is 17.7. The summed E-state index contributed by atoms with van der Waals surface area (Å²) < 4.78 is 26.6. The van der Waals surface area contributed by atoms with E-state index in [0.29, 0.717) is 24.0 Å². The predicted octanol–water partition coefficient (Wildman–Crippen LogP) is 7.06. The lowest BCUT2D eigenvalue weighted by molar-refractivity contribution is 0.169. The molecule has 0 amide bonds. The quantitative estimate of drug-likeness (QED) is 0.362. The fourth-order valence-corrected chi connectivity index (χ4v) is 5.42. The van der Waals surface area contributed by atoms with Crippen molar-refractivity contribution in [2.75, 3.05) is 19.7 Å². The molecule has 3 atom stereocenters. The minimum atomic E-state index is -0.867. The molecule has 1 unspecified atom stereocenters. The number of nitrogens with zero attached hydrogens (tertiary/aromatic N) is 1. The Morgan fingerprint density at radius 3 is 2.57 bits per heavy atom. The molecule has 5 rings (SSSR count). The Morgan fingerprint density at radius 2 is 1.89 bits per heavy atom. The number of fused-ring (bicyclic) bond motifs is 1. The van der Waals surface area contributed by atoms with E-state index in [1.54, 1.807) is 18.2 Å². The summed E-state index contributed by atoms with van der Waals surface area (Å²) in [4.78, 5) is 2.47. The summed E-state index contributed by atoms with van der Waals surface area (Å²) >= 11 is 6.08. The molecular weight excluding hydrogens is 493 g/mol. The van der Waals surface area contributed by atoms with Gasteiger partial charge in [-0.3, -0.25) is 4.90 Å². The number of phenolic OH excluding ortho intramolecular Hbond substituents is 2. The van der Waals surface area contributed by atoms with Crippen molar-refractivity contribution in [3.8, 4) is 23.0 Å². The molecule has 0 radical (unpaired) electrons. The van der Waals surface area contributed by atoms with E-state index in [1.807, 2.05) is 31.2 Å². The lowest BCUT2D eigenvalue weighted by atomic mass is 9.86. The van der Waals surface area contributed by atoms with E-state index in [1.165, 1.54) is 18.6 Å². The van der Waals surface area contributed by atoms with Gasteiger partial charge in [-0.15, -0.1) is 0 Å². The summed E-state index contributed by atoms with van der Waals surface area (Å²) in [5.74, 6) is 0.834. The first-order valence-corrected chi connectivity index (χ1v) is 12.9. The zero-order chi connectivity index (χ0) is 26.3. The molecule has 194 valence electrons. The van der Waals surface area contributed by atoms with Gasteiger partial charge in [0.15, 0.2) is 11.6 Å². The van der Waals surface area contributed by atoms with Crippen LogP contribution >= 0.6 is 11.6 Å². The zero-order valence-electron chi connectivity index (χ0n) is 21.2. The van der Waals surface area contributed by atoms with Crippen molar-refractivity contribution < 1.29 is 24.1 Å². The normalized spacial score (nSPS) is 20.5. The molecule has 5 nitrogen and oxygen atoms in total. The third-order valence-corrected chi connectivity index (χ3v) is 7.63. The molecule has 2 aliphatic heterocycles. The Labute approximate surface area is 221 Å². The standard InChI is InChI=1S/C30H31ClFNO4/c1-17-10-11-33(15-17)18(2)16-36-23-7-4-20(5-8-23)30-28(21-12-25(31)29(32)26(35)13-21)19(3)24-14-22(34)6-9-27(24)37-30/h4-9,12-14,17-18,30,34-35H,10-11,15-16H2,1-3H3/t17-,18+,30?/m1/s1. The number of rotatable bonds is 6. The molecule has 0 bridgehead atoms. The van der Waals surface area contributed by atoms with Crippen LogP contribution in [0.1, 0.15) is 50.0 Å². The Kier molecular flexibility index (Phi) is 7.06. The molecule has 2 aliphatic rings. The SMILES string of the molecule is CC1=C(c2cc(O)c(F)c(Cl)c2)C(c2ccc(OC[C@H](C)N3CC[C@@H](C)C3)cc2)Oc2ccc(O)cc21. The molecule has 3 aromatic rings. The van der Waals surface area contributed by atoms with Crippen LogP contribution in [0.25, 0.3) is 11.1 Å². The third-order valence-electron chi connectivity index (χ3n) is 7.35. The minimum Gasteiger partial charge on any atom is -0.508 e. The van der Waals surface area contributed by atoms with Crippen molar-refractivity contribution in [3.63, 3.8) is 0 Å². The smallest absolute Gasteiger partial charge is 0.183 e. The van der Waals surface area contributed by atoms with E-state index in [4.69, 9.17) is 21.1 Å². The van der Waals surface area contributed by atoms with E-state index in [0.717, 1.165) is 47.0 Å². The van der Waals surface area contributed by atoms with Crippen LogP contribution in [0.4, 0.5) is 4.39 Å². The highest BCUT2D eigenvalue weighted by Crippen LogP contribution is 2.48. The first kappa shape index (κ1) is 25.4. The van der Waals surface area contributed by atoms with Gasteiger partial charge >= 0.3 is 0 Å². The van der Waals surface area contributed by atoms with Crippen LogP contribution in [0.2, 0.25) is 5.02 Å². The molecule has 0 spiro atoms. The van der Waals surface area contributed by atoms with Gasteiger partial charge < -0.3 is 19.7 Å². The number of ether oxygens (including phenoxy) is 2. The van der Waals surface area contributed by atoms with Gasteiger partial charge in [-0.25, -0.2) is 4.39 Å². The molecule has 0 aliphatic carbocycles. The van der Waals surface area contributed by atoms with E-state index in [-0.39, 0.29) is 10.8 Å². The second-order valence-electron chi connectivity index (χ2n) is 10.1. The van der Waals surface area contributed by atoms with Crippen molar-refractivity contribution in [2.24, 2.45) is 5.92 Å². The van der Waals surface area contributed by atoms with Crippen LogP contribution in [0.3, 0.4) is 0 Å². The number of benzene rings is 3. The highest BCUT2D eigenvalue weighted by Gasteiger charge is 2.31. The largest absolute Gasteiger partial charge is 0.508 e. The lowest BCUT2D eigenvalue weighted by Crippen LogP contribution is -2.35. The summed E-state index contributed by atoms with van der Waals surface area (Å²) in [6.07, 6.45) is 0.687. The number of phenols is 2. The maximum absolute atomic E-state index is 14.1. The number of allylic oxidation sites excluding steroid dienone is 1. The number of aromatic hydroxyl groups is 2. The molecule has 1 saturated heterocycles. The van der Waals surface area contributed by atoms with Gasteiger partial charge in [0.2, 0.25) is 0 Å². The molecule has 2 heterocycles. The molecule has 7 heteroatoms.